The van der Waals surface area contributed by atoms with Crippen LogP contribution in [0.4, 0.5) is 0 Å². The van der Waals surface area contributed by atoms with E-state index in [9.17, 15) is 0 Å². The summed E-state index contributed by atoms with van der Waals surface area (Å²) in [6.45, 7) is 9.11. The fourth-order valence-corrected chi connectivity index (χ4v) is 3.15. The summed E-state index contributed by atoms with van der Waals surface area (Å²) in [6.07, 6.45) is 1.10. The third kappa shape index (κ3) is 2.00. The SMILES string of the molecule is CC(C)c1ccc2c(c1)Cc1cccc(C(C)C)c1-2. The van der Waals surface area contributed by atoms with Gasteiger partial charge >= 0.3 is 0 Å². The van der Waals surface area contributed by atoms with Gasteiger partial charge in [0.2, 0.25) is 0 Å². The highest BCUT2D eigenvalue weighted by Crippen LogP contribution is 2.42. The number of hydrogen-bond donors (Lipinski definition) is 0. The molecule has 0 N–H and O–H groups in total. The Balaban J connectivity index is 2.17. The molecule has 0 saturated heterocycles. The molecule has 98 valence electrons. The van der Waals surface area contributed by atoms with Gasteiger partial charge in [0.05, 0.1) is 0 Å². The normalized spacial score (nSPS) is 12.9. The van der Waals surface area contributed by atoms with Gasteiger partial charge in [-0.05, 0) is 51.6 Å². The predicted octanol–water partition coefficient (Wildman–Crippen LogP) is 5.50. The summed E-state index contributed by atoms with van der Waals surface area (Å²) in [6, 6.07) is 13.8. The molecule has 0 aliphatic heterocycles. The highest BCUT2D eigenvalue weighted by Gasteiger charge is 2.22. The van der Waals surface area contributed by atoms with Crippen molar-refractivity contribution in [3.63, 3.8) is 0 Å². The lowest BCUT2D eigenvalue weighted by Crippen LogP contribution is -1.93. The minimum atomic E-state index is 0.589. The van der Waals surface area contributed by atoms with Crippen LogP contribution in [0.2, 0.25) is 0 Å². The lowest BCUT2D eigenvalue weighted by Gasteiger charge is -2.13. The van der Waals surface area contributed by atoms with Crippen molar-refractivity contribution in [2.75, 3.05) is 0 Å². The standard InChI is InChI=1S/C19H22/c1-12(2)14-8-9-18-16(10-14)11-15-6-5-7-17(13(3)4)19(15)18/h5-10,12-13H,11H2,1-4H3. The van der Waals surface area contributed by atoms with Crippen molar-refractivity contribution in [1.29, 1.82) is 0 Å². The molecule has 0 amide bonds. The second-order valence-corrected chi connectivity index (χ2v) is 6.28. The number of rotatable bonds is 2. The van der Waals surface area contributed by atoms with E-state index < -0.39 is 0 Å². The van der Waals surface area contributed by atoms with Crippen molar-refractivity contribution in [1.82, 2.24) is 0 Å². The maximum absolute atomic E-state index is 2.41. The first-order valence-electron chi connectivity index (χ1n) is 7.33. The van der Waals surface area contributed by atoms with E-state index in [1.54, 1.807) is 0 Å². The molecule has 0 saturated carbocycles. The van der Waals surface area contributed by atoms with Crippen LogP contribution >= 0.6 is 0 Å². The van der Waals surface area contributed by atoms with E-state index in [4.69, 9.17) is 0 Å². The monoisotopic (exact) mass is 250 g/mol. The lowest BCUT2D eigenvalue weighted by molar-refractivity contribution is 0.864. The van der Waals surface area contributed by atoms with Gasteiger partial charge in [-0.1, -0.05) is 64.1 Å². The quantitative estimate of drug-likeness (QED) is 0.563. The first-order chi connectivity index (χ1) is 9.08. The highest BCUT2D eigenvalue weighted by molar-refractivity contribution is 5.80. The Kier molecular flexibility index (Phi) is 2.97. The van der Waals surface area contributed by atoms with Crippen molar-refractivity contribution < 1.29 is 0 Å². The van der Waals surface area contributed by atoms with E-state index in [2.05, 4.69) is 64.1 Å². The molecule has 0 unspecified atom stereocenters. The van der Waals surface area contributed by atoms with Crippen LogP contribution < -0.4 is 0 Å². The molecule has 1 aliphatic rings. The minimum Gasteiger partial charge on any atom is -0.0617 e. The van der Waals surface area contributed by atoms with Gasteiger partial charge in [0.25, 0.3) is 0 Å². The second kappa shape index (κ2) is 4.52. The summed E-state index contributed by atoms with van der Waals surface area (Å²) in [4.78, 5) is 0. The molecule has 0 atom stereocenters. The molecular formula is C19H22. The topological polar surface area (TPSA) is 0 Å². The van der Waals surface area contributed by atoms with Crippen LogP contribution in [-0.4, -0.2) is 0 Å². The molecule has 1 aliphatic carbocycles. The Bertz CT molecular complexity index is 618. The molecule has 0 nitrogen and oxygen atoms in total. The van der Waals surface area contributed by atoms with Crippen LogP contribution in [0.3, 0.4) is 0 Å². The van der Waals surface area contributed by atoms with Crippen LogP contribution in [0.5, 0.6) is 0 Å². The molecule has 0 heterocycles. The van der Waals surface area contributed by atoms with E-state index in [1.165, 1.54) is 33.4 Å². The summed E-state index contributed by atoms with van der Waals surface area (Å²) in [5.74, 6) is 1.20. The van der Waals surface area contributed by atoms with Gasteiger partial charge in [-0.25, -0.2) is 0 Å². The van der Waals surface area contributed by atoms with Gasteiger partial charge < -0.3 is 0 Å². The van der Waals surface area contributed by atoms with Crippen LogP contribution in [-0.2, 0) is 6.42 Å². The molecule has 0 heteroatoms. The average molecular weight is 250 g/mol. The van der Waals surface area contributed by atoms with E-state index >= 15 is 0 Å². The maximum atomic E-state index is 2.41. The zero-order valence-corrected chi connectivity index (χ0v) is 12.3. The highest BCUT2D eigenvalue weighted by atomic mass is 14.3. The fraction of sp³-hybridized carbons (Fsp3) is 0.368. The van der Waals surface area contributed by atoms with Crippen molar-refractivity contribution in [2.45, 2.75) is 46.0 Å². The molecule has 0 fully saturated rings. The zero-order chi connectivity index (χ0) is 13.6. The van der Waals surface area contributed by atoms with Crippen LogP contribution in [0.15, 0.2) is 36.4 Å². The Morgan fingerprint density at radius 3 is 2.32 bits per heavy atom. The summed E-state index contributed by atoms with van der Waals surface area (Å²) >= 11 is 0. The predicted molar refractivity (Wildman–Crippen MR) is 82.9 cm³/mol. The van der Waals surface area contributed by atoms with Crippen molar-refractivity contribution in [2.24, 2.45) is 0 Å². The first-order valence-corrected chi connectivity index (χ1v) is 7.33. The minimum absolute atomic E-state index is 0.589. The summed E-state index contributed by atoms with van der Waals surface area (Å²) in [7, 11) is 0. The Morgan fingerprint density at radius 2 is 1.63 bits per heavy atom. The molecule has 2 aromatic rings. The Hall–Kier alpha value is -1.56. The molecule has 0 spiro atoms. The fourth-order valence-electron chi connectivity index (χ4n) is 3.15. The number of fused-ring (bicyclic) bond motifs is 3. The van der Waals surface area contributed by atoms with Crippen molar-refractivity contribution in [3.05, 3.63) is 58.7 Å². The smallest absolute Gasteiger partial charge is 0.00132 e. The van der Waals surface area contributed by atoms with E-state index in [1.807, 2.05) is 0 Å². The van der Waals surface area contributed by atoms with Gasteiger partial charge in [0.1, 0.15) is 0 Å². The summed E-state index contributed by atoms with van der Waals surface area (Å²) in [5, 5.41) is 0. The maximum Gasteiger partial charge on any atom is -0.00132 e. The van der Waals surface area contributed by atoms with Gasteiger partial charge in [-0.2, -0.15) is 0 Å². The van der Waals surface area contributed by atoms with Gasteiger partial charge in [0.15, 0.2) is 0 Å². The van der Waals surface area contributed by atoms with Crippen LogP contribution in [0, 0.1) is 0 Å². The summed E-state index contributed by atoms with van der Waals surface area (Å²) in [5.41, 5.74) is 8.93. The second-order valence-electron chi connectivity index (χ2n) is 6.28. The van der Waals surface area contributed by atoms with E-state index in [0.29, 0.717) is 11.8 Å². The van der Waals surface area contributed by atoms with Crippen LogP contribution in [0.25, 0.3) is 11.1 Å². The van der Waals surface area contributed by atoms with Crippen molar-refractivity contribution >= 4 is 0 Å². The Morgan fingerprint density at radius 1 is 0.842 bits per heavy atom. The third-order valence-corrected chi connectivity index (χ3v) is 4.25. The van der Waals surface area contributed by atoms with Gasteiger partial charge in [-0.15, -0.1) is 0 Å². The Labute approximate surface area is 116 Å². The van der Waals surface area contributed by atoms with Crippen LogP contribution in [0.1, 0.15) is 61.8 Å². The number of benzene rings is 2. The molecule has 0 aromatic heterocycles. The average Bonchev–Trinajstić information content (AvgIpc) is 2.75. The molecule has 19 heavy (non-hydrogen) atoms. The molecule has 0 bridgehead atoms. The van der Waals surface area contributed by atoms with E-state index in [0.717, 1.165) is 6.42 Å². The van der Waals surface area contributed by atoms with Crippen molar-refractivity contribution in [3.8, 4) is 11.1 Å². The summed E-state index contributed by atoms with van der Waals surface area (Å²) < 4.78 is 0. The largest absolute Gasteiger partial charge is 0.0617 e. The molecular weight excluding hydrogens is 228 g/mol. The zero-order valence-electron chi connectivity index (χ0n) is 12.3. The molecule has 2 aromatic carbocycles. The molecule has 3 rings (SSSR count). The first kappa shape index (κ1) is 12.5. The number of hydrogen-bond acceptors (Lipinski definition) is 0. The van der Waals surface area contributed by atoms with E-state index in [-0.39, 0.29) is 0 Å². The lowest BCUT2D eigenvalue weighted by atomic mass is 9.91. The third-order valence-electron chi connectivity index (χ3n) is 4.25. The van der Waals surface area contributed by atoms with Gasteiger partial charge in [0, 0.05) is 0 Å². The molecule has 0 radical (unpaired) electrons. The van der Waals surface area contributed by atoms with Gasteiger partial charge in [-0.3, -0.25) is 0 Å².